The van der Waals surface area contributed by atoms with Gasteiger partial charge >= 0.3 is 12.0 Å². The molecule has 0 spiro atoms. The molecule has 0 radical (unpaired) electrons. The van der Waals surface area contributed by atoms with Gasteiger partial charge in [-0.15, -0.1) is 0 Å². The van der Waals surface area contributed by atoms with Crippen LogP contribution in [0.2, 0.25) is 0 Å². The lowest BCUT2D eigenvalue weighted by Crippen LogP contribution is -2.46. The zero-order chi connectivity index (χ0) is 11.6. The van der Waals surface area contributed by atoms with Gasteiger partial charge in [0.15, 0.2) is 0 Å². The largest absolute Gasteiger partial charge is 0.467 e. The van der Waals surface area contributed by atoms with Gasteiger partial charge in [-0.3, -0.25) is 0 Å². The summed E-state index contributed by atoms with van der Waals surface area (Å²) in [6.45, 7) is 0.177. The van der Waals surface area contributed by atoms with Crippen molar-refractivity contribution in [2.45, 2.75) is 18.6 Å². The summed E-state index contributed by atoms with van der Waals surface area (Å²) in [4.78, 5) is 25.7. The molecule has 0 aromatic rings. The minimum Gasteiger partial charge on any atom is -0.467 e. The van der Waals surface area contributed by atoms with Gasteiger partial charge in [-0.1, -0.05) is 0 Å². The first-order valence-electron chi connectivity index (χ1n) is 4.71. The molecule has 0 aliphatic carbocycles. The fourth-order valence-corrected chi connectivity index (χ4v) is 1.64. The predicted octanol–water partition coefficient (Wildman–Crippen LogP) is -0.724. The second-order valence-electron chi connectivity index (χ2n) is 3.76. The van der Waals surface area contributed by atoms with Crippen molar-refractivity contribution in [2.75, 3.05) is 27.7 Å². The molecule has 2 atom stereocenters. The third-order valence-electron chi connectivity index (χ3n) is 2.38. The van der Waals surface area contributed by atoms with Crippen LogP contribution in [0.1, 0.15) is 6.42 Å². The first-order chi connectivity index (χ1) is 6.97. The van der Waals surface area contributed by atoms with Gasteiger partial charge in [0.25, 0.3) is 0 Å². The summed E-state index contributed by atoms with van der Waals surface area (Å²) in [5, 5.41) is 9.42. The SMILES string of the molecule is COC(=O)C1CC(O)CN1C(=O)N(C)C. The molecule has 1 N–H and O–H groups in total. The molecule has 1 aliphatic rings. The highest BCUT2D eigenvalue weighted by molar-refractivity contribution is 5.84. The van der Waals surface area contributed by atoms with E-state index in [1.807, 2.05) is 0 Å². The van der Waals surface area contributed by atoms with E-state index in [9.17, 15) is 14.7 Å². The lowest BCUT2D eigenvalue weighted by Gasteiger charge is -2.25. The van der Waals surface area contributed by atoms with Crippen LogP contribution in [0, 0.1) is 0 Å². The van der Waals surface area contributed by atoms with E-state index in [1.165, 1.54) is 16.9 Å². The summed E-state index contributed by atoms with van der Waals surface area (Å²) in [7, 11) is 4.47. The molecule has 0 aromatic heterocycles. The van der Waals surface area contributed by atoms with Gasteiger partial charge in [-0.25, -0.2) is 9.59 Å². The van der Waals surface area contributed by atoms with Crippen molar-refractivity contribution in [2.24, 2.45) is 0 Å². The molecule has 0 aromatic carbocycles. The molecule has 0 bridgehead atoms. The van der Waals surface area contributed by atoms with Crippen molar-refractivity contribution in [1.82, 2.24) is 9.80 Å². The van der Waals surface area contributed by atoms with Gasteiger partial charge in [0, 0.05) is 27.1 Å². The van der Waals surface area contributed by atoms with Crippen molar-refractivity contribution < 1.29 is 19.4 Å². The van der Waals surface area contributed by atoms with Gasteiger partial charge < -0.3 is 19.6 Å². The summed E-state index contributed by atoms with van der Waals surface area (Å²) in [6, 6.07) is -0.957. The second kappa shape index (κ2) is 4.48. The predicted molar refractivity (Wildman–Crippen MR) is 52.2 cm³/mol. The van der Waals surface area contributed by atoms with Gasteiger partial charge in [-0.05, 0) is 0 Å². The van der Waals surface area contributed by atoms with E-state index >= 15 is 0 Å². The average molecular weight is 216 g/mol. The quantitative estimate of drug-likeness (QED) is 0.587. The van der Waals surface area contributed by atoms with Crippen LogP contribution in [0.4, 0.5) is 4.79 Å². The molecular weight excluding hydrogens is 200 g/mol. The fraction of sp³-hybridized carbons (Fsp3) is 0.778. The Morgan fingerprint density at radius 1 is 1.47 bits per heavy atom. The Labute approximate surface area is 88.4 Å². The van der Waals surface area contributed by atoms with E-state index in [0.29, 0.717) is 0 Å². The van der Waals surface area contributed by atoms with Crippen LogP contribution < -0.4 is 0 Å². The highest BCUT2D eigenvalue weighted by atomic mass is 16.5. The molecule has 6 heteroatoms. The van der Waals surface area contributed by atoms with Gasteiger partial charge in [0.2, 0.25) is 0 Å². The van der Waals surface area contributed by atoms with Crippen LogP contribution in [0.5, 0.6) is 0 Å². The Morgan fingerprint density at radius 3 is 2.53 bits per heavy atom. The molecule has 6 nitrogen and oxygen atoms in total. The summed E-state index contributed by atoms with van der Waals surface area (Å²) in [6.07, 6.45) is -0.412. The van der Waals surface area contributed by atoms with E-state index < -0.39 is 18.1 Å². The minimum atomic E-state index is -0.667. The Hall–Kier alpha value is -1.30. The highest BCUT2D eigenvalue weighted by Crippen LogP contribution is 2.19. The van der Waals surface area contributed by atoms with Crippen LogP contribution in [-0.2, 0) is 9.53 Å². The van der Waals surface area contributed by atoms with E-state index in [0.717, 1.165) is 0 Å². The zero-order valence-electron chi connectivity index (χ0n) is 9.14. The maximum absolute atomic E-state index is 11.7. The number of nitrogens with zero attached hydrogens (tertiary/aromatic N) is 2. The fourth-order valence-electron chi connectivity index (χ4n) is 1.64. The van der Waals surface area contributed by atoms with Gasteiger partial charge in [-0.2, -0.15) is 0 Å². The van der Waals surface area contributed by atoms with Crippen LogP contribution in [0.15, 0.2) is 0 Å². The second-order valence-corrected chi connectivity index (χ2v) is 3.76. The number of amides is 2. The van der Waals surface area contributed by atoms with Crippen LogP contribution >= 0.6 is 0 Å². The molecular formula is C9H16N2O4. The summed E-state index contributed by atoms with van der Waals surface area (Å²) >= 11 is 0. The Kier molecular flexibility index (Phi) is 3.52. The first-order valence-corrected chi connectivity index (χ1v) is 4.71. The third-order valence-corrected chi connectivity index (χ3v) is 2.38. The number of methoxy groups -OCH3 is 1. The number of hydrogen-bond acceptors (Lipinski definition) is 4. The standard InChI is InChI=1S/C9H16N2O4/c1-10(2)9(14)11-5-6(12)4-7(11)8(13)15-3/h6-7,12H,4-5H2,1-3H3. The maximum atomic E-state index is 11.7. The van der Waals surface area contributed by atoms with E-state index in [2.05, 4.69) is 4.74 Å². The lowest BCUT2D eigenvalue weighted by atomic mass is 10.2. The van der Waals surface area contributed by atoms with Crippen molar-refractivity contribution in [1.29, 1.82) is 0 Å². The smallest absolute Gasteiger partial charge is 0.328 e. The van der Waals surface area contributed by atoms with Crippen molar-refractivity contribution in [3.63, 3.8) is 0 Å². The highest BCUT2D eigenvalue weighted by Gasteiger charge is 2.40. The van der Waals surface area contributed by atoms with Crippen LogP contribution in [-0.4, -0.2) is 66.8 Å². The number of β-amino-alcohol motifs (C(OH)–C–C–N with tert-alkyl or cyclic N) is 1. The van der Waals surface area contributed by atoms with Crippen LogP contribution in [0.25, 0.3) is 0 Å². The molecule has 1 rings (SSSR count). The molecule has 15 heavy (non-hydrogen) atoms. The Bertz CT molecular complexity index is 267. The van der Waals surface area contributed by atoms with Crippen molar-refractivity contribution in [3.8, 4) is 0 Å². The molecule has 1 heterocycles. The monoisotopic (exact) mass is 216 g/mol. The average Bonchev–Trinajstić information content (AvgIpc) is 2.57. The number of carbonyl (C=O) groups excluding carboxylic acids is 2. The van der Waals surface area contributed by atoms with E-state index in [1.54, 1.807) is 14.1 Å². The molecule has 2 unspecified atom stereocenters. The third kappa shape index (κ3) is 2.38. The van der Waals surface area contributed by atoms with Gasteiger partial charge in [0.1, 0.15) is 6.04 Å². The number of aliphatic hydroxyl groups excluding tert-OH is 1. The van der Waals surface area contributed by atoms with E-state index in [4.69, 9.17) is 0 Å². The molecule has 1 aliphatic heterocycles. The summed E-state index contributed by atoms with van der Waals surface area (Å²) in [5.74, 6) is -0.484. The number of ether oxygens (including phenoxy) is 1. The van der Waals surface area contributed by atoms with E-state index in [-0.39, 0.29) is 19.0 Å². The normalized spacial score (nSPS) is 25.2. The molecule has 2 amide bonds. The summed E-state index contributed by atoms with van der Waals surface area (Å²) in [5.41, 5.74) is 0. The Morgan fingerprint density at radius 2 is 2.07 bits per heavy atom. The summed E-state index contributed by atoms with van der Waals surface area (Å²) < 4.78 is 4.58. The number of rotatable bonds is 1. The number of urea groups is 1. The molecule has 0 saturated carbocycles. The number of likely N-dealkylation sites (tertiary alicyclic amines) is 1. The molecule has 86 valence electrons. The van der Waals surface area contributed by atoms with Gasteiger partial charge in [0.05, 0.1) is 13.2 Å². The lowest BCUT2D eigenvalue weighted by molar-refractivity contribution is -0.145. The Balaban J connectivity index is 2.77. The van der Waals surface area contributed by atoms with Crippen molar-refractivity contribution >= 4 is 12.0 Å². The van der Waals surface area contributed by atoms with Crippen molar-refractivity contribution in [3.05, 3.63) is 0 Å². The number of aliphatic hydroxyl groups is 1. The minimum absolute atomic E-state index is 0.177. The molecule has 1 fully saturated rings. The zero-order valence-corrected chi connectivity index (χ0v) is 9.14. The molecule has 1 saturated heterocycles. The first kappa shape index (κ1) is 11.8. The number of carbonyl (C=O) groups is 2. The topological polar surface area (TPSA) is 70.1 Å². The number of esters is 1. The maximum Gasteiger partial charge on any atom is 0.328 e. The van der Waals surface area contributed by atoms with Crippen LogP contribution in [0.3, 0.4) is 0 Å². The number of hydrogen-bond donors (Lipinski definition) is 1.